The van der Waals surface area contributed by atoms with Crippen molar-refractivity contribution in [1.82, 2.24) is 0 Å². The maximum absolute atomic E-state index is 5.99. The van der Waals surface area contributed by atoms with Gasteiger partial charge in [0.15, 0.2) is 0 Å². The summed E-state index contributed by atoms with van der Waals surface area (Å²) in [5, 5.41) is 0.795. The molecule has 0 bridgehead atoms. The average molecular weight is 184 g/mol. The number of rotatable bonds is 3. The summed E-state index contributed by atoms with van der Waals surface area (Å²) in [7, 11) is 0. The van der Waals surface area contributed by atoms with Gasteiger partial charge in [0.25, 0.3) is 0 Å². The zero-order chi connectivity index (χ0) is 8.97. The molecule has 1 aromatic rings. The predicted octanol–water partition coefficient (Wildman–Crippen LogP) is 3.26. The number of benzene rings is 1. The van der Waals surface area contributed by atoms with Crippen molar-refractivity contribution in [2.45, 2.75) is 26.2 Å². The molecule has 0 saturated heterocycles. The molecule has 0 aromatic heterocycles. The summed E-state index contributed by atoms with van der Waals surface area (Å²) in [6, 6.07) is 5.67. The third kappa shape index (κ3) is 2.15. The fourth-order valence-corrected chi connectivity index (χ4v) is 1.47. The Bertz CT molecular complexity index is 238. The molecule has 0 heterocycles. The van der Waals surface area contributed by atoms with E-state index in [1.54, 1.807) is 0 Å². The fraction of sp³-hybridized carbons (Fsp3) is 0.400. The van der Waals surface area contributed by atoms with Crippen LogP contribution in [0.4, 0.5) is 5.69 Å². The quantitative estimate of drug-likeness (QED) is 0.716. The highest BCUT2D eigenvalue weighted by Crippen LogP contribution is 2.23. The lowest BCUT2D eigenvalue weighted by Gasteiger charge is -2.06. The minimum atomic E-state index is 0.795. The first-order valence-corrected chi connectivity index (χ1v) is 4.66. The molecule has 0 aliphatic heterocycles. The highest BCUT2D eigenvalue weighted by Gasteiger charge is 2.02. The molecule has 2 heteroatoms. The summed E-state index contributed by atoms with van der Waals surface area (Å²) in [5.74, 6) is 0. The molecular weight excluding hydrogens is 170 g/mol. The number of anilines is 1. The van der Waals surface area contributed by atoms with E-state index < -0.39 is 0 Å². The highest BCUT2D eigenvalue weighted by atomic mass is 35.5. The number of nitrogens with two attached hydrogens (primary N) is 1. The topological polar surface area (TPSA) is 26.0 Å². The minimum Gasteiger partial charge on any atom is -0.398 e. The Kier molecular flexibility index (Phi) is 3.42. The Labute approximate surface area is 78.5 Å². The number of hydrogen-bond donors (Lipinski definition) is 1. The van der Waals surface area contributed by atoms with Crippen LogP contribution >= 0.6 is 11.6 Å². The Morgan fingerprint density at radius 2 is 2.17 bits per heavy atom. The normalized spacial score (nSPS) is 10.2. The van der Waals surface area contributed by atoms with Crippen LogP contribution in [0.25, 0.3) is 0 Å². The largest absolute Gasteiger partial charge is 0.398 e. The number of unbranched alkanes of at least 4 members (excludes halogenated alkanes) is 1. The summed E-state index contributed by atoms with van der Waals surface area (Å²) in [6.07, 6.45) is 3.31. The standard InChI is InChI=1S/C10H14ClN/c1-2-3-5-8-9(11)6-4-7-10(8)12/h4,6-7H,2-3,5,12H2,1H3. The third-order valence-electron chi connectivity index (χ3n) is 1.94. The monoisotopic (exact) mass is 183 g/mol. The number of halogens is 1. The average Bonchev–Trinajstić information content (AvgIpc) is 2.04. The van der Waals surface area contributed by atoms with E-state index in [9.17, 15) is 0 Å². The predicted molar refractivity (Wildman–Crippen MR) is 54.5 cm³/mol. The van der Waals surface area contributed by atoms with Crippen molar-refractivity contribution in [3.05, 3.63) is 28.8 Å². The van der Waals surface area contributed by atoms with Gasteiger partial charge in [-0.1, -0.05) is 31.0 Å². The molecule has 1 nitrogen and oxygen atoms in total. The molecule has 0 unspecified atom stereocenters. The fourth-order valence-electron chi connectivity index (χ4n) is 1.19. The smallest absolute Gasteiger partial charge is 0.0458 e. The minimum absolute atomic E-state index is 0.795. The van der Waals surface area contributed by atoms with Gasteiger partial charge < -0.3 is 5.73 Å². The van der Waals surface area contributed by atoms with Gasteiger partial charge in [-0.25, -0.2) is 0 Å². The van der Waals surface area contributed by atoms with Gasteiger partial charge in [-0.3, -0.25) is 0 Å². The highest BCUT2D eigenvalue weighted by molar-refractivity contribution is 6.31. The van der Waals surface area contributed by atoms with Gasteiger partial charge in [0, 0.05) is 10.7 Å². The van der Waals surface area contributed by atoms with Crippen LogP contribution in [0.3, 0.4) is 0 Å². The molecule has 0 radical (unpaired) electrons. The first-order chi connectivity index (χ1) is 5.75. The van der Waals surface area contributed by atoms with Gasteiger partial charge in [0.1, 0.15) is 0 Å². The molecule has 0 amide bonds. The second-order valence-electron chi connectivity index (χ2n) is 2.91. The van der Waals surface area contributed by atoms with Gasteiger partial charge in [0.2, 0.25) is 0 Å². The van der Waals surface area contributed by atoms with E-state index in [1.807, 2.05) is 18.2 Å². The summed E-state index contributed by atoms with van der Waals surface area (Å²) in [5.41, 5.74) is 7.69. The van der Waals surface area contributed by atoms with Crippen LogP contribution in [0.5, 0.6) is 0 Å². The van der Waals surface area contributed by atoms with Gasteiger partial charge in [-0.15, -0.1) is 0 Å². The number of hydrogen-bond acceptors (Lipinski definition) is 1. The van der Waals surface area contributed by atoms with Crippen LogP contribution in [0.2, 0.25) is 5.02 Å². The van der Waals surface area contributed by atoms with E-state index in [0.717, 1.165) is 29.1 Å². The van der Waals surface area contributed by atoms with Crippen LogP contribution in [0, 0.1) is 0 Å². The lowest BCUT2D eigenvalue weighted by molar-refractivity contribution is 0.796. The van der Waals surface area contributed by atoms with Crippen molar-refractivity contribution in [3.63, 3.8) is 0 Å². The molecule has 0 spiro atoms. The van der Waals surface area contributed by atoms with Gasteiger partial charge in [-0.2, -0.15) is 0 Å². The van der Waals surface area contributed by atoms with Crippen molar-refractivity contribution >= 4 is 17.3 Å². The van der Waals surface area contributed by atoms with E-state index in [4.69, 9.17) is 17.3 Å². The lowest BCUT2D eigenvalue weighted by atomic mass is 10.1. The molecule has 2 N–H and O–H groups in total. The molecule has 1 aromatic carbocycles. The third-order valence-corrected chi connectivity index (χ3v) is 2.29. The van der Waals surface area contributed by atoms with Crippen molar-refractivity contribution in [2.75, 3.05) is 5.73 Å². The molecular formula is C10H14ClN. The van der Waals surface area contributed by atoms with E-state index >= 15 is 0 Å². The van der Waals surface area contributed by atoms with Gasteiger partial charge >= 0.3 is 0 Å². The first kappa shape index (κ1) is 9.40. The molecule has 0 aliphatic carbocycles. The molecule has 0 saturated carbocycles. The molecule has 66 valence electrons. The van der Waals surface area contributed by atoms with Gasteiger partial charge in [0.05, 0.1) is 0 Å². The molecule has 0 atom stereocenters. The first-order valence-electron chi connectivity index (χ1n) is 4.28. The maximum Gasteiger partial charge on any atom is 0.0458 e. The van der Waals surface area contributed by atoms with E-state index in [1.165, 1.54) is 6.42 Å². The van der Waals surface area contributed by atoms with Crippen LogP contribution in [-0.4, -0.2) is 0 Å². The zero-order valence-electron chi connectivity index (χ0n) is 7.31. The lowest BCUT2D eigenvalue weighted by Crippen LogP contribution is -1.94. The Morgan fingerprint density at radius 1 is 1.42 bits per heavy atom. The maximum atomic E-state index is 5.99. The van der Waals surface area contributed by atoms with Crippen molar-refractivity contribution in [1.29, 1.82) is 0 Å². The van der Waals surface area contributed by atoms with Crippen LogP contribution < -0.4 is 5.73 Å². The van der Waals surface area contributed by atoms with Crippen molar-refractivity contribution in [2.24, 2.45) is 0 Å². The Hall–Kier alpha value is -0.690. The molecule has 12 heavy (non-hydrogen) atoms. The van der Waals surface area contributed by atoms with Gasteiger partial charge in [-0.05, 0) is 30.5 Å². The SMILES string of the molecule is CCCCc1c(N)cccc1Cl. The second kappa shape index (κ2) is 4.36. The summed E-state index contributed by atoms with van der Waals surface area (Å²) in [4.78, 5) is 0. The van der Waals surface area contributed by atoms with Crippen LogP contribution in [0.1, 0.15) is 25.3 Å². The van der Waals surface area contributed by atoms with Crippen molar-refractivity contribution < 1.29 is 0 Å². The summed E-state index contributed by atoms with van der Waals surface area (Å²) >= 11 is 5.99. The summed E-state index contributed by atoms with van der Waals surface area (Å²) < 4.78 is 0. The second-order valence-corrected chi connectivity index (χ2v) is 3.32. The van der Waals surface area contributed by atoms with E-state index in [2.05, 4.69) is 6.92 Å². The Balaban J connectivity index is 2.81. The molecule has 0 fully saturated rings. The molecule has 1 rings (SSSR count). The zero-order valence-corrected chi connectivity index (χ0v) is 8.06. The van der Waals surface area contributed by atoms with Crippen LogP contribution in [-0.2, 0) is 6.42 Å². The Morgan fingerprint density at radius 3 is 2.75 bits per heavy atom. The van der Waals surface area contributed by atoms with E-state index in [-0.39, 0.29) is 0 Å². The number of nitrogen functional groups attached to an aromatic ring is 1. The van der Waals surface area contributed by atoms with Crippen LogP contribution in [0.15, 0.2) is 18.2 Å². The van der Waals surface area contributed by atoms with Crippen molar-refractivity contribution in [3.8, 4) is 0 Å². The summed E-state index contributed by atoms with van der Waals surface area (Å²) in [6.45, 7) is 2.16. The molecule has 0 aliphatic rings. The van der Waals surface area contributed by atoms with E-state index in [0.29, 0.717) is 0 Å².